The molecule has 7 heteroatoms. The molecule has 1 heterocycles. The number of nitrogens with one attached hydrogen (secondary N) is 1. The number of carboxylic acid groups (broad SMARTS) is 1. The molecule has 0 aliphatic heterocycles. The molecule has 0 saturated carbocycles. The van der Waals surface area contributed by atoms with E-state index in [4.69, 9.17) is 0 Å². The first-order chi connectivity index (χ1) is 9.58. The number of rotatable bonds is 6. The quantitative estimate of drug-likeness (QED) is 0.754. The van der Waals surface area contributed by atoms with Crippen molar-refractivity contribution in [3.63, 3.8) is 0 Å². The molecule has 2 N–H and O–H groups in total. The van der Waals surface area contributed by atoms with Crippen LogP contribution in [-0.4, -0.2) is 37.8 Å². The van der Waals surface area contributed by atoms with Crippen LogP contribution in [0, 0.1) is 0 Å². The minimum atomic E-state index is -1.21. The highest BCUT2D eigenvalue weighted by atomic mass is 16.4. The van der Waals surface area contributed by atoms with Crippen molar-refractivity contribution >= 4 is 5.97 Å². The Balaban J connectivity index is 2.42. The van der Waals surface area contributed by atoms with E-state index in [-0.39, 0.29) is 0 Å². The van der Waals surface area contributed by atoms with Crippen LogP contribution in [-0.2, 0) is 10.3 Å². The largest absolute Gasteiger partial charge is 0.480 e. The van der Waals surface area contributed by atoms with Crippen molar-refractivity contribution in [3.8, 4) is 5.69 Å². The van der Waals surface area contributed by atoms with Gasteiger partial charge in [-0.25, -0.2) is 9.48 Å². The van der Waals surface area contributed by atoms with Gasteiger partial charge in [-0.15, -0.1) is 11.7 Å². The standard InChI is InChI=1S/C13H15N5O2/c1-3-7-14-13(2,12(19)20)10-5-4-6-11(8-10)18-9-15-16-17-18/h3-6,8-9,14H,1,7H2,2H3,(H,19,20). The fourth-order valence-corrected chi connectivity index (χ4v) is 1.82. The molecule has 0 bridgehead atoms. The van der Waals surface area contributed by atoms with Crippen molar-refractivity contribution in [2.75, 3.05) is 6.54 Å². The average Bonchev–Trinajstić information content (AvgIpc) is 2.99. The fraction of sp³-hybridized carbons (Fsp3) is 0.231. The van der Waals surface area contributed by atoms with Gasteiger partial charge < -0.3 is 5.11 Å². The summed E-state index contributed by atoms with van der Waals surface area (Å²) in [6.45, 7) is 5.58. The topological polar surface area (TPSA) is 92.9 Å². The maximum atomic E-state index is 11.6. The predicted molar refractivity (Wildman–Crippen MR) is 72.3 cm³/mol. The highest BCUT2D eigenvalue weighted by Gasteiger charge is 2.34. The Hall–Kier alpha value is -2.54. The SMILES string of the molecule is C=CCNC(C)(C(=O)O)c1cccc(-n2cnnn2)c1. The average molecular weight is 273 g/mol. The van der Waals surface area contributed by atoms with E-state index in [1.165, 1.54) is 11.0 Å². The van der Waals surface area contributed by atoms with Crippen LogP contribution in [0.25, 0.3) is 5.69 Å². The van der Waals surface area contributed by atoms with Gasteiger partial charge in [-0.05, 0) is 35.0 Å². The van der Waals surface area contributed by atoms with Crippen LogP contribution in [0.1, 0.15) is 12.5 Å². The molecule has 20 heavy (non-hydrogen) atoms. The second kappa shape index (κ2) is 5.62. The number of nitrogens with zero attached hydrogens (tertiary/aromatic N) is 4. The molecule has 0 spiro atoms. The molecule has 1 atom stereocenters. The zero-order chi connectivity index (χ0) is 14.6. The van der Waals surface area contributed by atoms with Crippen molar-refractivity contribution in [2.45, 2.75) is 12.5 Å². The van der Waals surface area contributed by atoms with Crippen molar-refractivity contribution in [3.05, 3.63) is 48.8 Å². The number of hydrogen-bond donors (Lipinski definition) is 2. The number of benzene rings is 1. The van der Waals surface area contributed by atoms with Crippen molar-refractivity contribution < 1.29 is 9.90 Å². The van der Waals surface area contributed by atoms with Gasteiger partial charge in [0.25, 0.3) is 0 Å². The molecular formula is C13H15N5O2. The van der Waals surface area contributed by atoms with E-state index in [2.05, 4.69) is 27.4 Å². The first kappa shape index (κ1) is 13.9. The lowest BCUT2D eigenvalue weighted by Crippen LogP contribution is -2.46. The zero-order valence-corrected chi connectivity index (χ0v) is 11.0. The van der Waals surface area contributed by atoms with Crippen molar-refractivity contribution in [2.24, 2.45) is 0 Å². The second-order valence-corrected chi connectivity index (χ2v) is 4.40. The molecule has 0 fully saturated rings. The van der Waals surface area contributed by atoms with Crippen LogP contribution in [0.15, 0.2) is 43.2 Å². The van der Waals surface area contributed by atoms with Gasteiger partial charge >= 0.3 is 5.97 Å². The van der Waals surface area contributed by atoms with Gasteiger partial charge in [0, 0.05) is 6.54 Å². The summed E-state index contributed by atoms with van der Waals surface area (Å²) in [6, 6.07) is 7.05. The summed E-state index contributed by atoms with van der Waals surface area (Å²) in [7, 11) is 0. The first-order valence-corrected chi connectivity index (χ1v) is 6.01. The van der Waals surface area contributed by atoms with Crippen LogP contribution in [0.3, 0.4) is 0 Å². The van der Waals surface area contributed by atoms with E-state index in [1.807, 2.05) is 0 Å². The molecule has 7 nitrogen and oxygen atoms in total. The number of hydrogen-bond acceptors (Lipinski definition) is 5. The van der Waals surface area contributed by atoms with E-state index in [0.717, 1.165) is 0 Å². The third-order valence-corrected chi connectivity index (χ3v) is 3.06. The number of carbonyl (C=O) groups is 1. The van der Waals surface area contributed by atoms with Gasteiger partial charge in [0.2, 0.25) is 0 Å². The Labute approximate surface area is 115 Å². The molecule has 2 aromatic rings. The molecule has 1 unspecified atom stereocenters. The molecule has 2 rings (SSSR count). The van der Waals surface area contributed by atoms with Crippen LogP contribution >= 0.6 is 0 Å². The maximum Gasteiger partial charge on any atom is 0.328 e. The maximum absolute atomic E-state index is 11.6. The summed E-state index contributed by atoms with van der Waals surface area (Å²) in [5.41, 5.74) is 0.0957. The van der Waals surface area contributed by atoms with Gasteiger partial charge in [-0.2, -0.15) is 0 Å². The Morgan fingerprint density at radius 1 is 1.60 bits per heavy atom. The number of tetrazole rings is 1. The molecule has 1 aromatic carbocycles. The van der Waals surface area contributed by atoms with E-state index in [0.29, 0.717) is 17.8 Å². The summed E-state index contributed by atoms with van der Waals surface area (Å²) in [5.74, 6) is -0.965. The number of aromatic nitrogens is 4. The lowest BCUT2D eigenvalue weighted by Gasteiger charge is -2.26. The Bertz CT molecular complexity index is 611. The van der Waals surface area contributed by atoms with E-state index in [9.17, 15) is 9.90 Å². The van der Waals surface area contributed by atoms with Crippen molar-refractivity contribution in [1.29, 1.82) is 0 Å². The molecule has 0 radical (unpaired) electrons. The first-order valence-electron chi connectivity index (χ1n) is 6.01. The number of aliphatic carboxylic acids is 1. The summed E-state index contributed by atoms with van der Waals surface area (Å²) >= 11 is 0. The highest BCUT2D eigenvalue weighted by molar-refractivity contribution is 5.80. The minimum Gasteiger partial charge on any atom is -0.480 e. The Morgan fingerprint density at radius 2 is 2.40 bits per heavy atom. The predicted octanol–water partition coefficient (Wildman–Crippen LogP) is 0.738. The smallest absolute Gasteiger partial charge is 0.328 e. The summed E-state index contributed by atoms with van der Waals surface area (Å²) in [6.07, 6.45) is 3.07. The van der Waals surface area contributed by atoms with Crippen LogP contribution in [0.4, 0.5) is 0 Å². The normalized spacial score (nSPS) is 13.7. The molecule has 0 amide bonds. The van der Waals surface area contributed by atoms with Crippen LogP contribution in [0.2, 0.25) is 0 Å². The molecule has 0 aliphatic rings. The Morgan fingerprint density at radius 3 is 3.00 bits per heavy atom. The third kappa shape index (κ3) is 2.57. The lowest BCUT2D eigenvalue weighted by atomic mass is 9.91. The highest BCUT2D eigenvalue weighted by Crippen LogP contribution is 2.23. The molecule has 104 valence electrons. The second-order valence-electron chi connectivity index (χ2n) is 4.40. The van der Waals surface area contributed by atoms with Gasteiger partial charge in [-0.1, -0.05) is 18.2 Å². The van der Waals surface area contributed by atoms with E-state index in [1.54, 1.807) is 37.3 Å². The minimum absolute atomic E-state index is 0.387. The summed E-state index contributed by atoms with van der Waals surface area (Å²) in [5, 5.41) is 23.4. The van der Waals surface area contributed by atoms with Gasteiger partial charge in [0.1, 0.15) is 11.9 Å². The molecule has 0 saturated heterocycles. The van der Waals surface area contributed by atoms with E-state index >= 15 is 0 Å². The van der Waals surface area contributed by atoms with Crippen LogP contribution in [0.5, 0.6) is 0 Å². The molecular weight excluding hydrogens is 258 g/mol. The summed E-state index contributed by atoms with van der Waals surface area (Å²) < 4.78 is 1.47. The zero-order valence-electron chi connectivity index (χ0n) is 11.0. The monoisotopic (exact) mass is 273 g/mol. The van der Waals surface area contributed by atoms with E-state index < -0.39 is 11.5 Å². The van der Waals surface area contributed by atoms with Crippen LogP contribution < -0.4 is 5.32 Å². The fourth-order valence-electron chi connectivity index (χ4n) is 1.82. The molecule has 1 aromatic heterocycles. The van der Waals surface area contributed by atoms with Gasteiger partial charge in [0.05, 0.1) is 5.69 Å². The third-order valence-electron chi connectivity index (χ3n) is 3.06. The van der Waals surface area contributed by atoms with Crippen molar-refractivity contribution in [1.82, 2.24) is 25.5 Å². The number of carboxylic acids is 1. The molecule has 0 aliphatic carbocycles. The Kier molecular flexibility index (Phi) is 3.90. The van der Waals surface area contributed by atoms with Gasteiger partial charge in [0.15, 0.2) is 0 Å². The van der Waals surface area contributed by atoms with Gasteiger partial charge in [-0.3, -0.25) is 5.32 Å². The lowest BCUT2D eigenvalue weighted by molar-refractivity contribution is -0.144. The summed E-state index contributed by atoms with van der Waals surface area (Å²) in [4.78, 5) is 11.6.